The molecule has 2 fully saturated rings. The number of rotatable bonds is 3. The van der Waals surface area contributed by atoms with Crippen LogP contribution in [0.15, 0.2) is 18.2 Å². The number of nitrogens with one attached hydrogen (secondary N) is 2. The third-order valence-corrected chi connectivity index (χ3v) is 5.59. The Hall–Kier alpha value is -2.37. The van der Waals surface area contributed by atoms with Crippen molar-refractivity contribution in [3.05, 3.63) is 29.3 Å². The lowest BCUT2D eigenvalue weighted by molar-refractivity contribution is -0.136. The van der Waals surface area contributed by atoms with E-state index in [0.29, 0.717) is 24.4 Å². The molecule has 0 bridgehead atoms. The largest absolute Gasteiger partial charge is 0.325 e. The summed E-state index contributed by atoms with van der Waals surface area (Å²) in [7, 11) is 0. The Morgan fingerprint density at radius 1 is 1.26 bits per heavy atom. The van der Waals surface area contributed by atoms with Crippen molar-refractivity contribution in [1.82, 2.24) is 10.2 Å². The van der Waals surface area contributed by atoms with E-state index in [4.69, 9.17) is 0 Å². The number of carbonyl (C=O) groups excluding carboxylic acids is 3. The molecule has 6 nitrogen and oxygen atoms in total. The van der Waals surface area contributed by atoms with Gasteiger partial charge in [0.25, 0.3) is 5.91 Å². The molecule has 1 spiro atoms. The van der Waals surface area contributed by atoms with Gasteiger partial charge in [-0.25, -0.2) is 4.79 Å². The molecule has 6 heteroatoms. The molecular weight excluding hydrogens is 342 g/mol. The van der Waals surface area contributed by atoms with Gasteiger partial charge in [0.2, 0.25) is 5.91 Å². The van der Waals surface area contributed by atoms with Crippen LogP contribution in [0.4, 0.5) is 10.5 Å². The fourth-order valence-corrected chi connectivity index (χ4v) is 4.85. The van der Waals surface area contributed by atoms with Crippen LogP contribution in [0.3, 0.4) is 0 Å². The zero-order valence-corrected chi connectivity index (χ0v) is 16.8. The highest BCUT2D eigenvalue weighted by atomic mass is 16.2. The Morgan fingerprint density at radius 3 is 2.63 bits per heavy atom. The molecule has 2 atom stereocenters. The lowest BCUT2D eigenvalue weighted by Gasteiger charge is -2.43. The van der Waals surface area contributed by atoms with Crippen molar-refractivity contribution in [2.75, 3.05) is 11.9 Å². The first-order valence-electron chi connectivity index (χ1n) is 9.53. The lowest BCUT2D eigenvalue weighted by atomic mass is 9.64. The van der Waals surface area contributed by atoms with Gasteiger partial charge in [-0.15, -0.1) is 0 Å². The first-order chi connectivity index (χ1) is 12.5. The minimum absolute atomic E-state index is 0.0302. The number of aryl methyl sites for hydroxylation is 2. The molecule has 0 unspecified atom stereocenters. The van der Waals surface area contributed by atoms with E-state index in [0.717, 1.165) is 22.4 Å². The van der Waals surface area contributed by atoms with Crippen LogP contribution in [0.5, 0.6) is 0 Å². The van der Waals surface area contributed by atoms with Crippen molar-refractivity contribution in [3.8, 4) is 0 Å². The van der Waals surface area contributed by atoms with E-state index < -0.39 is 11.6 Å². The van der Waals surface area contributed by atoms with Gasteiger partial charge in [-0.05, 0) is 61.6 Å². The quantitative estimate of drug-likeness (QED) is 0.800. The van der Waals surface area contributed by atoms with E-state index in [1.165, 1.54) is 0 Å². The van der Waals surface area contributed by atoms with Crippen LogP contribution >= 0.6 is 0 Å². The first kappa shape index (κ1) is 19.4. The molecule has 2 N–H and O–H groups in total. The molecule has 146 valence electrons. The van der Waals surface area contributed by atoms with Crippen LogP contribution < -0.4 is 10.6 Å². The SMILES string of the molecule is Cc1ccc(C)c(NC(=O)CN2C(=O)N[C@@]3(C[C@@H](C)CC(C)(C)C3)C2=O)c1. The van der Waals surface area contributed by atoms with Gasteiger partial charge >= 0.3 is 6.03 Å². The Bertz CT molecular complexity index is 802. The number of amides is 4. The maximum atomic E-state index is 13.1. The Kier molecular flexibility index (Phi) is 4.78. The number of benzene rings is 1. The molecule has 1 saturated carbocycles. The third-order valence-electron chi connectivity index (χ3n) is 5.59. The topological polar surface area (TPSA) is 78.5 Å². The smallest absolute Gasteiger partial charge is 0.324 e. The zero-order valence-electron chi connectivity index (χ0n) is 16.8. The van der Waals surface area contributed by atoms with Crippen molar-refractivity contribution in [1.29, 1.82) is 0 Å². The van der Waals surface area contributed by atoms with Crippen LogP contribution in [0, 0.1) is 25.2 Å². The van der Waals surface area contributed by atoms with E-state index in [9.17, 15) is 14.4 Å². The summed E-state index contributed by atoms with van der Waals surface area (Å²) in [4.78, 5) is 39.2. The van der Waals surface area contributed by atoms with Crippen LogP contribution in [0.2, 0.25) is 0 Å². The molecule has 3 rings (SSSR count). The predicted molar refractivity (Wildman–Crippen MR) is 104 cm³/mol. The van der Waals surface area contributed by atoms with E-state index in [-0.39, 0.29) is 23.8 Å². The van der Waals surface area contributed by atoms with Crippen LogP contribution in [-0.4, -0.2) is 34.8 Å². The highest BCUT2D eigenvalue weighted by Crippen LogP contribution is 2.46. The van der Waals surface area contributed by atoms with Gasteiger partial charge in [-0.1, -0.05) is 32.9 Å². The second-order valence-corrected chi connectivity index (χ2v) is 9.12. The number of nitrogens with zero attached hydrogens (tertiary/aromatic N) is 1. The summed E-state index contributed by atoms with van der Waals surface area (Å²) >= 11 is 0. The summed E-state index contributed by atoms with van der Waals surface area (Å²) in [5.41, 5.74) is 1.76. The van der Waals surface area contributed by atoms with Gasteiger partial charge in [-0.3, -0.25) is 14.5 Å². The molecular formula is C21H29N3O3. The lowest BCUT2D eigenvalue weighted by Crippen LogP contribution is -2.54. The molecule has 1 aliphatic carbocycles. The normalized spacial score (nSPS) is 27.0. The maximum absolute atomic E-state index is 13.1. The van der Waals surface area contributed by atoms with Gasteiger partial charge in [0.1, 0.15) is 12.1 Å². The zero-order chi connectivity index (χ0) is 20.0. The molecule has 0 radical (unpaired) electrons. The molecule has 0 aromatic heterocycles. The monoisotopic (exact) mass is 371 g/mol. The number of imide groups is 1. The molecule has 2 aliphatic rings. The third kappa shape index (κ3) is 3.84. The minimum atomic E-state index is -0.877. The van der Waals surface area contributed by atoms with Gasteiger partial charge in [-0.2, -0.15) is 0 Å². The van der Waals surface area contributed by atoms with Gasteiger partial charge < -0.3 is 10.6 Å². The fourth-order valence-electron chi connectivity index (χ4n) is 4.85. The summed E-state index contributed by atoms with van der Waals surface area (Å²) in [5.74, 6) is -0.308. The minimum Gasteiger partial charge on any atom is -0.324 e. The summed E-state index contributed by atoms with van der Waals surface area (Å²) in [6.45, 7) is 9.94. The molecule has 4 amide bonds. The molecule has 27 heavy (non-hydrogen) atoms. The molecule has 1 heterocycles. The number of hydrogen-bond donors (Lipinski definition) is 2. The van der Waals surface area contributed by atoms with Gasteiger partial charge in [0, 0.05) is 5.69 Å². The average Bonchev–Trinajstić information content (AvgIpc) is 2.72. The fraction of sp³-hybridized carbons (Fsp3) is 0.571. The van der Waals surface area contributed by atoms with Gasteiger partial charge in [0.05, 0.1) is 0 Å². The summed E-state index contributed by atoms with van der Waals surface area (Å²) in [5, 5.41) is 5.72. The van der Waals surface area contributed by atoms with Crippen LogP contribution in [0.25, 0.3) is 0 Å². The summed E-state index contributed by atoms with van der Waals surface area (Å²) in [6, 6.07) is 5.31. The number of hydrogen-bond acceptors (Lipinski definition) is 3. The molecule has 1 aromatic carbocycles. The Morgan fingerprint density at radius 2 is 1.96 bits per heavy atom. The van der Waals surface area contributed by atoms with Crippen molar-refractivity contribution >= 4 is 23.5 Å². The van der Waals surface area contributed by atoms with E-state index in [1.807, 2.05) is 32.0 Å². The van der Waals surface area contributed by atoms with Crippen molar-refractivity contribution in [2.45, 2.75) is 59.4 Å². The molecule has 1 aliphatic heterocycles. The van der Waals surface area contributed by atoms with Crippen LogP contribution in [-0.2, 0) is 9.59 Å². The summed E-state index contributed by atoms with van der Waals surface area (Å²) in [6.07, 6.45) is 2.24. The van der Waals surface area contributed by atoms with Crippen molar-refractivity contribution in [3.63, 3.8) is 0 Å². The average molecular weight is 371 g/mol. The van der Waals surface area contributed by atoms with Gasteiger partial charge in [0.15, 0.2) is 0 Å². The molecule has 1 aromatic rings. The second-order valence-electron chi connectivity index (χ2n) is 9.12. The van der Waals surface area contributed by atoms with Crippen molar-refractivity contribution in [2.24, 2.45) is 11.3 Å². The predicted octanol–water partition coefficient (Wildman–Crippen LogP) is 3.38. The Labute approximate surface area is 160 Å². The van der Waals surface area contributed by atoms with Crippen molar-refractivity contribution < 1.29 is 14.4 Å². The second kappa shape index (κ2) is 6.66. The van der Waals surface area contributed by atoms with E-state index >= 15 is 0 Å². The van der Waals surface area contributed by atoms with E-state index in [2.05, 4.69) is 31.4 Å². The molecule has 1 saturated heterocycles. The maximum Gasteiger partial charge on any atom is 0.325 e. The summed E-state index contributed by atoms with van der Waals surface area (Å²) < 4.78 is 0. The van der Waals surface area contributed by atoms with E-state index in [1.54, 1.807) is 0 Å². The highest BCUT2D eigenvalue weighted by molar-refractivity contribution is 6.10. The number of urea groups is 1. The number of carbonyl (C=O) groups is 3. The standard InChI is InChI=1S/C21H29N3O3/c1-13-6-7-15(3)16(8-13)22-17(25)11-24-18(26)21(23-19(24)27)10-14(2)9-20(4,5)12-21/h6-8,14H,9-12H2,1-5H3,(H,22,25)(H,23,27)/t14-,21+/m0/s1. The Balaban J connectivity index is 1.74. The van der Waals surface area contributed by atoms with Crippen LogP contribution in [0.1, 0.15) is 51.2 Å². The highest BCUT2D eigenvalue weighted by Gasteiger charge is 2.56. The first-order valence-corrected chi connectivity index (χ1v) is 9.53. The number of anilines is 1.